The molecule has 1 amide bonds. The zero-order valence-electron chi connectivity index (χ0n) is 10.4. The van der Waals surface area contributed by atoms with Crippen LogP contribution >= 0.6 is 0 Å². The molecule has 1 aromatic carbocycles. The Balaban J connectivity index is 2.52. The van der Waals surface area contributed by atoms with Crippen molar-refractivity contribution in [2.75, 3.05) is 6.61 Å². The number of rotatable bonds is 5. The summed E-state index contributed by atoms with van der Waals surface area (Å²) in [5.74, 6) is -0.556. The van der Waals surface area contributed by atoms with Gasteiger partial charge in [-0.25, -0.2) is 4.39 Å². The smallest absolute Gasteiger partial charge is 0.246 e. The Morgan fingerprint density at radius 1 is 1.35 bits per heavy atom. The average Bonchev–Trinajstić information content (AvgIpc) is 2.26. The Morgan fingerprint density at radius 2 is 2.00 bits per heavy atom. The van der Waals surface area contributed by atoms with Crippen molar-refractivity contribution < 1.29 is 13.9 Å². The molecule has 0 saturated heterocycles. The minimum atomic E-state index is -0.362. The molecule has 94 valence electrons. The second-order valence-electron chi connectivity index (χ2n) is 4.17. The van der Waals surface area contributed by atoms with Gasteiger partial charge in [0.1, 0.15) is 12.4 Å². The van der Waals surface area contributed by atoms with E-state index >= 15 is 0 Å². The fourth-order valence-corrected chi connectivity index (χ4v) is 1.43. The van der Waals surface area contributed by atoms with E-state index in [4.69, 9.17) is 4.74 Å². The van der Waals surface area contributed by atoms with Gasteiger partial charge in [0, 0.05) is 5.56 Å². The van der Waals surface area contributed by atoms with Crippen molar-refractivity contribution in [1.29, 1.82) is 0 Å². The van der Waals surface area contributed by atoms with Crippen LogP contribution in [0.25, 0.3) is 0 Å². The maximum Gasteiger partial charge on any atom is 0.246 e. The van der Waals surface area contributed by atoms with E-state index in [1.165, 1.54) is 6.07 Å². The van der Waals surface area contributed by atoms with Crippen molar-refractivity contribution >= 4 is 5.91 Å². The Bertz CT molecular complexity index is 379. The molecule has 0 aliphatic heterocycles. The summed E-state index contributed by atoms with van der Waals surface area (Å²) < 4.78 is 18.6. The minimum absolute atomic E-state index is 0.00351. The predicted molar refractivity (Wildman–Crippen MR) is 64.0 cm³/mol. The molecule has 1 unspecified atom stereocenters. The van der Waals surface area contributed by atoms with Crippen LogP contribution < -0.4 is 5.32 Å². The van der Waals surface area contributed by atoms with E-state index in [1.807, 2.05) is 13.8 Å². The van der Waals surface area contributed by atoms with E-state index in [0.29, 0.717) is 5.56 Å². The summed E-state index contributed by atoms with van der Waals surface area (Å²) in [6.45, 7) is 5.45. The number of hydrogen-bond acceptors (Lipinski definition) is 2. The molecular formula is C13H18FNO2. The monoisotopic (exact) mass is 239 g/mol. The van der Waals surface area contributed by atoms with Gasteiger partial charge in [-0.05, 0) is 26.8 Å². The van der Waals surface area contributed by atoms with Crippen molar-refractivity contribution in [2.45, 2.75) is 32.9 Å². The highest BCUT2D eigenvalue weighted by molar-refractivity contribution is 5.77. The molecule has 0 fully saturated rings. The molecule has 1 N–H and O–H groups in total. The summed E-state index contributed by atoms with van der Waals surface area (Å²) in [4.78, 5) is 11.5. The SMILES string of the molecule is CC(C)OCC(=O)NC(C)c1ccccc1F. The molecule has 0 aromatic heterocycles. The number of benzene rings is 1. The molecule has 4 heteroatoms. The highest BCUT2D eigenvalue weighted by Gasteiger charge is 2.13. The molecule has 0 bridgehead atoms. The standard InChI is InChI=1S/C13H18FNO2/c1-9(2)17-8-13(16)15-10(3)11-6-4-5-7-12(11)14/h4-7,9-10H,8H2,1-3H3,(H,15,16). The number of amides is 1. The van der Waals surface area contributed by atoms with Crippen LogP contribution in [0.15, 0.2) is 24.3 Å². The Labute approximate surface area is 101 Å². The lowest BCUT2D eigenvalue weighted by atomic mass is 10.1. The lowest BCUT2D eigenvalue weighted by Crippen LogP contribution is -2.31. The van der Waals surface area contributed by atoms with Crippen LogP contribution in [0, 0.1) is 5.82 Å². The van der Waals surface area contributed by atoms with Crippen LogP contribution in [0.4, 0.5) is 4.39 Å². The summed E-state index contributed by atoms with van der Waals surface area (Å²) in [5, 5.41) is 2.69. The largest absolute Gasteiger partial charge is 0.369 e. The highest BCUT2D eigenvalue weighted by Crippen LogP contribution is 2.15. The molecule has 1 rings (SSSR count). The van der Waals surface area contributed by atoms with Crippen LogP contribution in [0.2, 0.25) is 0 Å². The first-order valence-corrected chi connectivity index (χ1v) is 5.66. The fourth-order valence-electron chi connectivity index (χ4n) is 1.43. The number of ether oxygens (including phenoxy) is 1. The molecule has 0 radical (unpaired) electrons. The normalized spacial score (nSPS) is 12.5. The molecule has 0 aliphatic rings. The summed E-state index contributed by atoms with van der Waals surface area (Å²) in [6.07, 6.45) is 0.00418. The van der Waals surface area contributed by atoms with Crippen molar-refractivity contribution in [1.82, 2.24) is 5.32 Å². The Kier molecular flexibility index (Phi) is 5.10. The highest BCUT2D eigenvalue weighted by atomic mass is 19.1. The van der Waals surface area contributed by atoms with Gasteiger partial charge in [0.25, 0.3) is 0 Å². The van der Waals surface area contributed by atoms with Gasteiger partial charge in [0.2, 0.25) is 5.91 Å². The van der Waals surface area contributed by atoms with Crippen molar-refractivity contribution in [3.8, 4) is 0 Å². The molecule has 1 aromatic rings. The minimum Gasteiger partial charge on any atom is -0.369 e. The van der Waals surface area contributed by atoms with Crippen molar-refractivity contribution in [3.63, 3.8) is 0 Å². The Hall–Kier alpha value is -1.42. The first kappa shape index (κ1) is 13.6. The number of hydrogen-bond donors (Lipinski definition) is 1. The lowest BCUT2D eigenvalue weighted by molar-refractivity contribution is -0.127. The molecule has 0 aliphatic carbocycles. The second-order valence-corrected chi connectivity index (χ2v) is 4.17. The van der Waals surface area contributed by atoms with Gasteiger partial charge < -0.3 is 10.1 Å². The fraction of sp³-hybridized carbons (Fsp3) is 0.462. The van der Waals surface area contributed by atoms with E-state index in [1.54, 1.807) is 25.1 Å². The lowest BCUT2D eigenvalue weighted by Gasteiger charge is -2.15. The number of carbonyl (C=O) groups is 1. The molecule has 0 saturated carbocycles. The van der Waals surface area contributed by atoms with Gasteiger partial charge in [-0.3, -0.25) is 4.79 Å². The maximum atomic E-state index is 13.4. The summed E-state index contributed by atoms with van der Waals surface area (Å²) >= 11 is 0. The second kappa shape index (κ2) is 6.35. The number of halogens is 1. The zero-order chi connectivity index (χ0) is 12.8. The first-order chi connectivity index (χ1) is 8.00. The van der Waals surface area contributed by atoms with Crippen molar-refractivity contribution in [2.24, 2.45) is 0 Å². The van der Waals surface area contributed by atoms with Crippen LogP contribution in [0.3, 0.4) is 0 Å². The third-order valence-corrected chi connectivity index (χ3v) is 2.30. The third-order valence-electron chi connectivity index (χ3n) is 2.30. The van der Waals surface area contributed by atoms with Gasteiger partial charge in [0.15, 0.2) is 0 Å². The number of carbonyl (C=O) groups excluding carboxylic acids is 1. The topological polar surface area (TPSA) is 38.3 Å². The van der Waals surface area contributed by atoms with E-state index in [9.17, 15) is 9.18 Å². The first-order valence-electron chi connectivity index (χ1n) is 5.66. The van der Waals surface area contributed by atoms with Gasteiger partial charge in [-0.1, -0.05) is 18.2 Å². The molecular weight excluding hydrogens is 221 g/mol. The van der Waals surface area contributed by atoms with Gasteiger partial charge >= 0.3 is 0 Å². The Morgan fingerprint density at radius 3 is 2.59 bits per heavy atom. The van der Waals surface area contributed by atoms with E-state index in [-0.39, 0.29) is 30.5 Å². The molecule has 0 spiro atoms. The predicted octanol–water partition coefficient (Wildman–Crippen LogP) is 2.43. The summed E-state index contributed by atoms with van der Waals surface area (Å²) in [5.41, 5.74) is 0.477. The van der Waals surface area contributed by atoms with E-state index < -0.39 is 0 Å². The maximum absolute atomic E-state index is 13.4. The van der Waals surface area contributed by atoms with Gasteiger partial charge in [0.05, 0.1) is 12.1 Å². The van der Waals surface area contributed by atoms with E-state index in [2.05, 4.69) is 5.32 Å². The molecule has 0 heterocycles. The molecule has 17 heavy (non-hydrogen) atoms. The van der Waals surface area contributed by atoms with E-state index in [0.717, 1.165) is 0 Å². The van der Waals surface area contributed by atoms with Gasteiger partial charge in [-0.2, -0.15) is 0 Å². The van der Waals surface area contributed by atoms with Crippen LogP contribution in [-0.4, -0.2) is 18.6 Å². The van der Waals surface area contributed by atoms with Crippen molar-refractivity contribution in [3.05, 3.63) is 35.6 Å². The zero-order valence-corrected chi connectivity index (χ0v) is 10.4. The third kappa shape index (κ3) is 4.53. The van der Waals surface area contributed by atoms with Crippen LogP contribution in [0.1, 0.15) is 32.4 Å². The van der Waals surface area contributed by atoms with Crippen LogP contribution in [-0.2, 0) is 9.53 Å². The number of nitrogens with one attached hydrogen (secondary N) is 1. The van der Waals surface area contributed by atoms with Crippen LogP contribution in [0.5, 0.6) is 0 Å². The van der Waals surface area contributed by atoms with Gasteiger partial charge in [-0.15, -0.1) is 0 Å². The molecule has 3 nitrogen and oxygen atoms in total. The summed E-state index contributed by atoms with van der Waals surface area (Å²) in [6, 6.07) is 6.03. The average molecular weight is 239 g/mol. The quantitative estimate of drug-likeness (QED) is 0.857. The molecule has 1 atom stereocenters. The summed E-state index contributed by atoms with van der Waals surface area (Å²) in [7, 11) is 0.